The van der Waals surface area contributed by atoms with Crippen molar-refractivity contribution in [1.29, 1.82) is 0 Å². The molecule has 0 aromatic rings. The van der Waals surface area contributed by atoms with Crippen LogP contribution in [-0.2, 0) is 0 Å². The zero-order valence-corrected chi connectivity index (χ0v) is 9.39. The number of hydrogen-bond donors (Lipinski definition) is 0. The molecule has 1 rings (SSSR count). The van der Waals surface area contributed by atoms with E-state index in [0.29, 0.717) is 0 Å². The predicted octanol–water partition coefficient (Wildman–Crippen LogP) is 3.44. The van der Waals surface area contributed by atoms with Crippen molar-refractivity contribution in [3.05, 3.63) is 0 Å². The number of unbranched alkanes of at least 4 members (excludes halogenated alkanes) is 3. The fourth-order valence-corrected chi connectivity index (χ4v) is 2.23. The summed E-state index contributed by atoms with van der Waals surface area (Å²) in [4.78, 5) is 2.66. The largest absolute Gasteiger partial charge is 0.301 e. The summed E-state index contributed by atoms with van der Waals surface area (Å²) in [5.74, 6) is 0. The maximum atomic E-state index is 2.66. The second-order valence-electron chi connectivity index (χ2n) is 4.44. The minimum atomic E-state index is 0.847. The van der Waals surface area contributed by atoms with E-state index >= 15 is 0 Å². The third-order valence-electron chi connectivity index (χ3n) is 3.24. The Hall–Kier alpha value is -0.0400. The summed E-state index contributed by atoms with van der Waals surface area (Å²) in [6.07, 6.45) is 9.93. The standard InChI is InChI=1S/C12H25N/c1-3-4-5-6-9-12(2)13-10-7-8-11-13/h12H,3-11H2,1-2H3. The molecular weight excluding hydrogens is 158 g/mol. The van der Waals surface area contributed by atoms with Gasteiger partial charge in [-0.25, -0.2) is 0 Å². The smallest absolute Gasteiger partial charge is 0.00669 e. The van der Waals surface area contributed by atoms with Crippen LogP contribution in [0.15, 0.2) is 0 Å². The van der Waals surface area contributed by atoms with E-state index in [2.05, 4.69) is 18.7 Å². The Kier molecular flexibility index (Phi) is 5.45. The first-order chi connectivity index (χ1) is 6.34. The SMILES string of the molecule is CCCCCCC(C)N1CCCC1. The van der Waals surface area contributed by atoms with Gasteiger partial charge in [0.25, 0.3) is 0 Å². The minimum Gasteiger partial charge on any atom is -0.301 e. The molecule has 1 nitrogen and oxygen atoms in total. The maximum Gasteiger partial charge on any atom is 0.00669 e. The van der Waals surface area contributed by atoms with E-state index in [1.807, 2.05) is 0 Å². The molecule has 1 unspecified atom stereocenters. The van der Waals surface area contributed by atoms with Crippen molar-refractivity contribution < 1.29 is 0 Å². The van der Waals surface area contributed by atoms with Gasteiger partial charge in [0.2, 0.25) is 0 Å². The van der Waals surface area contributed by atoms with Crippen molar-refractivity contribution in [2.24, 2.45) is 0 Å². The summed E-state index contributed by atoms with van der Waals surface area (Å²) in [5, 5.41) is 0. The number of likely N-dealkylation sites (tertiary alicyclic amines) is 1. The van der Waals surface area contributed by atoms with Crippen LogP contribution in [0.2, 0.25) is 0 Å². The van der Waals surface area contributed by atoms with Gasteiger partial charge in [0.1, 0.15) is 0 Å². The molecule has 78 valence electrons. The number of nitrogens with zero attached hydrogens (tertiary/aromatic N) is 1. The maximum absolute atomic E-state index is 2.66. The molecular formula is C12H25N. The van der Waals surface area contributed by atoms with Crippen LogP contribution in [0.4, 0.5) is 0 Å². The Balaban J connectivity index is 1.99. The van der Waals surface area contributed by atoms with Crippen molar-refractivity contribution in [2.45, 2.75) is 64.8 Å². The lowest BCUT2D eigenvalue weighted by atomic mass is 10.1. The minimum absolute atomic E-state index is 0.847. The normalized spacial score (nSPS) is 20.8. The summed E-state index contributed by atoms with van der Waals surface area (Å²) in [6.45, 7) is 7.39. The van der Waals surface area contributed by atoms with Gasteiger partial charge >= 0.3 is 0 Å². The summed E-state index contributed by atoms with van der Waals surface area (Å²) < 4.78 is 0. The summed E-state index contributed by atoms with van der Waals surface area (Å²) in [6, 6.07) is 0.847. The molecule has 0 bridgehead atoms. The summed E-state index contributed by atoms with van der Waals surface area (Å²) >= 11 is 0. The third-order valence-corrected chi connectivity index (χ3v) is 3.24. The molecule has 1 aliphatic heterocycles. The van der Waals surface area contributed by atoms with Gasteiger partial charge in [-0.2, -0.15) is 0 Å². The van der Waals surface area contributed by atoms with Crippen molar-refractivity contribution in [1.82, 2.24) is 4.90 Å². The molecule has 13 heavy (non-hydrogen) atoms. The van der Waals surface area contributed by atoms with Crippen LogP contribution < -0.4 is 0 Å². The Morgan fingerprint density at radius 3 is 2.38 bits per heavy atom. The Labute approximate surface area is 83.5 Å². The first-order valence-electron chi connectivity index (χ1n) is 6.08. The molecule has 0 N–H and O–H groups in total. The van der Waals surface area contributed by atoms with Gasteiger partial charge in [0.15, 0.2) is 0 Å². The van der Waals surface area contributed by atoms with E-state index in [1.54, 1.807) is 0 Å². The first kappa shape index (κ1) is 11.0. The van der Waals surface area contributed by atoms with Crippen LogP contribution in [0, 0.1) is 0 Å². The highest BCUT2D eigenvalue weighted by atomic mass is 15.2. The predicted molar refractivity (Wildman–Crippen MR) is 59.0 cm³/mol. The van der Waals surface area contributed by atoms with Crippen LogP contribution >= 0.6 is 0 Å². The van der Waals surface area contributed by atoms with Gasteiger partial charge in [-0.15, -0.1) is 0 Å². The molecule has 1 heteroatoms. The van der Waals surface area contributed by atoms with Crippen LogP contribution in [-0.4, -0.2) is 24.0 Å². The summed E-state index contributed by atoms with van der Waals surface area (Å²) in [5.41, 5.74) is 0. The van der Waals surface area contributed by atoms with E-state index in [4.69, 9.17) is 0 Å². The molecule has 0 saturated carbocycles. The Bertz CT molecular complexity index is 116. The topological polar surface area (TPSA) is 3.24 Å². The first-order valence-corrected chi connectivity index (χ1v) is 6.08. The van der Waals surface area contributed by atoms with Gasteiger partial charge in [0, 0.05) is 6.04 Å². The van der Waals surface area contributed by atoms with Gasteiger partial charge in [-0.3, -0.25) is 0 Å². The van der Waals surface area contributed by atoms with Crippen molar-refractivity contribution in [3.63, 3.8) is 0 Å². The van der Waals surface area contributed by atoms with Crippen molar-refractivity contribution in [2.75, 3.05) is 13.1 Å². The van der Waals surface area contributed by atoms with E-state index in [1.165, 1.54) is 58.0 Å². The van der Waals surface area contributed by atoms with Gasteiger partial charge in [0.05, 0.1) is 0 Å². The molecule has 1 atom stereocenters. The van der Waals surface area contributed by atoms with Crippen molar-refractivity contribution in [3.8, 4) is 0 Å². The molecule has 1 heterocycles. The highest BCUT2D eigenvalue weighted by Gasteiger charge is 2.16. The zero-order valence-electron chi connectivity index (χ0n) is 9.39. The molecule has 0 spiro atoms. The number of rotatable bonds is 6. The zero-order chi connectivity index (χ0) is 9.52. The molecule has 1 fully saturated rings. The van der Waals surface area contributed by atoms with Crippen LogP contribution in [0.1, 0.15) is 58.8 Å². The second-order valence-corrected chi connectivity index (χ2v) is 4.44. The van der Waals surface area contributed by atoms with E-state index in [-0.39, 0.29) is 0 Å². The van der Waals surface area contributed by atoms with E-state index in [9.17, 15) is 0 Å². The second kappa shape index (κ2) is 6.42. The Morgan fingerprint density at radius 2 is 1.77 bits per heavy atom. The quantitative estimate of drug-likeness (QED) is 0.570. The lowest BCUT2D eigenvalue weighted by Crippen LogP contribution is -2.29. The van der Waals surface area contributed by atoms with E-state index < -0.39 is 0 Å². The average molecular weight is 183 g/mol. The van der Waals surface area contributed by atoms with Crippen LogP contribution in [0.25, 0.3) is 0 Å². The van der Waals surface area contributed by atoms with Crippen LogP contribution in [0.3, 0.4) is 0 Å². The monoisotopic (exact) mass is 183 g/mol. The molecule has 0 amide bonds. The number of hydrogen-bond acceptors (Lipinski definition) is 1. The molecule has 1 saturated heterocycles. The molecule has 1 aliphatic rings. The third kappa shape index (κ3) is 4.12. The van der Waals surface area contributed by atoms with Gasteiger partial charge in [-0.05, 0) is 39.3 Å². The Morgan fingerprint density at radius 1 is 1.08 bits per heavy atom. The molecule has 0 aromatic heterocycles. The molecule has 0 aromatic carbocycles. The summed E-state index contributed by atoms with van der Waals surface area (Å²) in [7, 11) is 0. The molecule has 0 radical (unpaired) electrons. The lowest BCUT2D eigenvalue weighted by molar-refractivity contribution is 0.242. The van der Waals surface area contributed by atoms with Crippen LogP contribution in [0.5, 0.6) is 0 Å². The van der Waals surface area contributed by atoms with E-state index in [0.717, 1.165) is 6.04 Å². The highest BCUT2D eigenvalue weighted by molar-refractivity contribution is 4.72. The van der Waals surface area contributed by atoms with Gasteiger partial charge < -0.3 is 4.90 Å². The van der Waals surface area contributed by atoms with Gasteiger partial charge in [-0.1, -0.05) is 32.6 Å². The fourth-order valence-electron chi connectivity index (χ4n) is 2.23. The molecule has 0 aliphatic carbocycles. The average Bonchev–Trinajstić information content (AvgIpc) is 2.65. The lowest BCUT2D eigenvalue weighted by Gasteiger charge is -2.23. The highest BCUT2D eigenvalue weighted by Crippen LogP contribution is 2.16. The van der Waals surface area contributed by atoms with Crippen molar-refractivity contribution >= 4 is 0 Å². The fraction of sp³-hybridized carbons (Fsp3) is 1.00.